The van der Waals surface area contributed by atoms with Crippen molar-refractivity contribution in [2.75, 3.05) is 13.2 Å². The molecular weight excluding hydrogens is 260 g/mol. The molecule has 0 saturated carbocycles. The molecule has 0 unspecified atom stereocenters. The van der Waals surface area contributed by atoms with Crippen molar-refractivity contribution in [3.05, 3.63) is 35.4 Å². The van der Waals surface area contributed by atoms with Crippen molar-refractivity contribution in [2.24, 2.45) is 0 Å². The number of ether oxygens (including phenoxy) is 2. The van der Waals surface area contributed by atoms with Gasteiger partial charge in [-0.25, -0.2) is 0 Å². The first-order chi connectivity index (χ1) is 10.2. The van der Waals surface area contributed by atoms with E-state index >= 15 is 0 Å². The number of hydrogen-bond acceptors (Lipinski definition) is 2. The fourth-order valence-corrected chi connectivity index (χ4v) is 2.97. The molecule has 2 nitrogen and oxygen atoms in total. The number of unbranched alkanes of at least 4 members (excludes halogenated alkanes) is 2. The summed E-state index contributed by atoms with van der Waals surface area (Å²) in [6.07, 6.45) is 7.15. The summed E-state index contributed by atoms with van der Waals surface area (Å²) in [5.41, 5.74) is 2.79. The van der Waals surface area contributed by atoms with Gasteiger partial charge in [-0.3, -0.25) is 0 Å². The average Bonchev–Trinajstić information content (AvgIpc) is 2.49. The Bertz CT molecular complexity index is 402. The van der Waals surface area contributed by atoms with Crippen LogP contribution in [0.2, 0.25) is 0 Å². The van der Waals surface area contributed by atoms with Gasteiger partial charge < -0.3 is 9.47 Å². The zero-order valence-electron chi connectivity index (χ0n) is 13.9. The number of rotatable bonds is 7. The first-order valence-corrected chi connectivity index (χ1v) is 8.53. The minimum Gasteiger partial charge on any atom is -0.350 e. The van der Waals surface area contributed by atoms with Gasteiger partial charge in [0.25, 0.3) is 0 Å². The van der Waals surface area contributed by atoms with Crippen LogP contribution in [0.5, 0.6) is 0 Å². The van der Waals surface area contributed by atoms with Gasteiger partial charge in [0.15, 0.2) is 5.79 Å². The summed E-state index contributed by atoms with van der Waals surface area (Å²) < 4.78 is 11.9. The van der Waals surface area contributed by atoms with E-state index in [1.54, 1.807) is 0 Å². The number of aryl methyl sites for hydroxylation is 1. The molecule has 1 aliphatic heterocycles. The highest BCUT2D eigenvalue weighted by atomic mass is 16.7. The lowest BCUT2D eigenvalue weighted by atomic mass is 9.96. The molecule has 0 bridgehead atoms. The van der Waals surface area contributed by atoms with Crippen LogP contribution in [-0.4, -0.2) is 19.0 Å². The Morgan fingerprint density at radius 3 is 2.24 bits per heavy atom. The maximum atomic E-state index is 5.96. The van der Waals surface area contributed by atoms with Crippen LogP contribution < -0.4 is 0 Å². The molecule has 118 valence electrons. The molecule has 0 aromatic heterocycles. The van der Waals surface area contributed by atoms with Crippen LogP contribution in [-0.2, 0) is 15.9 Å². The second-order valence-electron chi connectivity index (χ2n) is 6.40. The summed E-state index contributed by atoms with van der Waals surface area (Å²) in [4.78, 5) is 0. The minimum absolute atomic E-state index is 0.370. The van der Waals surface area contributed by atoms with Crippen molar-refractivity contribution in [3.63, 3.8) is 0 Å². The lowest BCUT2D eigenvalue weighted by Crippen LogP contribution is -2.40. The maximum absolute atomic E-state index is 5.96. The number of hydrogen-bond donors (Lipinski definition) is 0. The van der Waals surface area contributed by atoms with Crippen LogP contribution in [0.1, 0.15) is 69.9 Å². The van der Waals surface area contributed by atoms with Crippen molar-refractivity contribution >= 4 is 0 Å². The van der Waals surface area contributed by atoms with Gasteiger partial charge in [0.1, 0.15) is 0 Å². The quantitative estimate of drug-likeness (QED) is 0.653. The van der Waals surface area contributed by atoms with Gasteiger partial charge in [-0.1, -0.05) is 57.4 Å². The van der Waals surface area contributed by atoms with Gasteiger partial charge in [0, 0.05) is 12.3 Å². The van der Waals surface area contributed by atoms with Crippen molar-refractivity contribution in [2.45, 2.75) is 71.0 Å². The standard InChI is InChI=1S/C19H30O2/c1-4-6-7-8-16-9-11-17(12-10-16)18-14-20-19(3,13-5-2)21-15-18/h9-12,18H,4-8,13-15H2,1-3H3. The molecular formula is C19H30O2. The molecule has 1 heterocycles. The van der Waals surface area contributed by atoms with E-state index in [0.717, 1.165) is 26.1 Å². The molecule has 2 rings (SSSR count). The van der Waals surface area contributed by atoms with Crippen molar-refractivity contribution in [1.29, 1.82) is 0 Å². The van der Waals surface area contributed by atoms with E-state index in [1.807, 2.05) is 0 Å². The third-order valence-corrected chi connectivity index (χ3v) is 4.40. The molecule has 2 heteroatoms. The van der Waals surface area contributed by atoms with Crippen molar-refractivity contribution in [3.8, 4) is 0 Å². The van der Waals surface area contributed by atoms with E-state index < -0.39 is 0 Å². The molecule has 0 aliphatic carbocycles. The van der Waals surface area contributed by atoms with Gasteiger partial charge in [-0.15, -0.1) is 0 Å². The molecule has 1 saturated heterocycles. The topological polar surface area (TPSA) is 18.5 Å². The Kier molecular flexibility index (Phi) is 6.25. The lowest BCUT2D eigenvalue weighted by Gasteiger charge is -2.37. The first-order valence-electron chi connectivity index (χ1n) is 8.53. The van der Waals surface area contributed by atoms with Crippen LogP contribution in [0.4, 0.5) is 0 Å². The highest BCUT2D eigenvalue weighted by Crippen LogP contribution is 2.30. The molecule has 1 aromatic carbocycles. The first kappa shape index (κ1) is 16.5. The molecule has 0 amide bonds. The third-order valence-electron chi connectivity index (χ3n) is 4.40. The zero-order valence-corrected chi connectivity index (χ0v) is 13.9. The Morgan fingerprint density at radius 2 is 1.67 bits per heavy atom. The monoisotopic (exact) mass is 290 g/mol. The summed E-state index contributed by atoms with van der Waals surface area (Å²) >= 11 is 0. The predicted molar refractivity (Wildman–Crippen MR) is 87.6 cm³/mol. The molecule has 0 radical (unpaired) electrons. The Balaban J connectivity index is 1.86. The normalized spacial score (nSPS) is 26.0. The summed E-state index contributed by atoms with van der Waals surface area (Å²) in [6, 6.07) is 9.04. The summed E-state index contributed by atoms with van der Waals surface area (Å²) in [6.45, 7) is 8.01. The van der Waals surface area contributed by atoms with Gasteiger partial charge in [0.05, 0.1) is 13.2 Å². The van der Waals surface area contributed by atoms with E-state index in [2.05, 4.69) is 45.0 Å². The Morgan fingerprint density at radius 1 is 1.00 bits per heavy atom. The molecule has 0 spiro atoms. The molecule has 0 atom stereocenters. The summed E-state index contributed by atoms with van der Waals surface area (Å²) in [5, 5.41) is 0. The maximum Gasteiger partial charge on any atom is 0.165 e. The van der Waals surface area contributed by atoms with E-state index in [-0.39, 0.29) is 5.79 Å². The van der Waals surface area contributed by atoms with Crippen LogP contribution in [0.3, 0.4) is 0 Å². The van der Waals surface area contributed by atoms with E-state index in [9.17, 15) is 0 Å². The van der Waals surface area contributed by atoms with E-state index in [1.165, 1.54) is 36.8 Å². The fourth-order valence-electron chi connectivity index (χ4n) is 2.97. The molecule has 0 N–H and O–H groups in total. The molecule has 1 aromatic rings. The van der Waals surface area contributed by atoms with E-state index in [4.69, 9.17) is 9.47 Å². The van der Waals surface area contributed by atoms with E-state index in [0.29, 0.717) is 5.92 Å². The second kappa shape index (κ2) is 7.95. The predicted octanol–water partition coefficient (Wildman–Crippen LogP) is 5.07. The van der Waals surface area contributed by atoms with Crippen molar-refractivity contribution < 1.29 is 9.47 Å². The van der Waals surface area contributed by atoms with Gasteiger partial charge in [-0.05, 0) is 30.9 Å². The number of benzene rings is 1. The van der Waals surface area contributed by atoms with Crippen molar-refractivity contribution in [1.82, 2.24) is 0 Å². The summed E-state index contributed by atoms with van der Waals surface area (Å²) in [7, 11) is 0. The van der Waals surface area contributed by atoms with Crippen LogP contribution in [0.25, 0.3) is 0 Å². The minimum atomic E-state index is -0.370. The third kappa shape index (κ3) is 4.82. The molecule has 1 fully saturated rings. The second-order valence-corrected chi connectivity index (χ2v) is 6.40. The Labute approximate surface area is 129 Å². The smallest absolute Gasteiger partial charge is 0.165 e. The average molecular weight is 290 g/mol. The highest BCUT2D eigenvalue weighted by Gasteiger charge is 2.32. The van der Waals surface area contributed by atoms with Crippen LogP contribution in [0, 0.1) is 0 Å². The fraction of sp³-hybridized carbons (Fsp3) is 0.684. The van der Waals surface area contributed by atoms with Gasteiger partial charge >= 0.3 is 0 Å². The van der Waals surface area contributed by atoms with Gasteiger partial charge in [-0.2, -0.15) is 0 Å². The SMILES string of the molecule is CCCCCc1ccc(C2COC(C)(CCC)OC2)cc1. The molecule has 21 heavy (non-hydrogen) atoms. The zero-order chi connectivity index (χ0) is 15.1. The summed E-state index contributed by atoms with van der Waals surface area (Å²) in [5.74, 6) is 0.00495. The Hall–Kier alpha value is -0.860. The van der Waals surface area contributed by atoms with Crippen LogP contribution >= 0.6 is 0 Å². The largest absolute Gasteiger partial charge is 0.350 e. The lowest BCUT2D eigenvalue weighted by molar-refractivity contribution is -0.265. The van der Waals surface area contributed by atoms with Crippen LogP contribution in [0.15, 0.2) is 24.3 Å². The molecule has 1 aliphatic rings. The highest BCUT2D eigenvalue weighted by molar-refractivity contribution is 5.26. The van der Waals surface area contributed by atoms with Gasteiger partial charge in [0.2, 0.25) is 0 Å².